The maximum absolute atomic E-state index is 4.62. The molecule has 0 atom stereocenters. The van der Waals surface area contributed by atoms with Gasteiger partial charge in [-0.05, 0) is 48.6 Å². The van der Waals surface area contributed by atoms with Crippen molar-refractivity contribution in [1.29, 1.82) is 0 Å². The largest absolute Gasteiger partial charge is 0.236 e. The van der Waals surface area contributed by atoms with Gasteiger partial charge in [0.05, 0.1) is 0 Å². The van der Waals surface area contributed by atoms with Crippen molar-refractivity contribution in [2.75, 3.05) is 0 Å². The Kier molecular flexibility index (Phi) is 7.22. The minimum Gasteiger partial charge on any atom is -0.236 e. The lowest BCUT2D eigenvalue weighted by atomic mass is 9.79. The van der Waals surface area contributed by atoms with Gasteiger partial charge < -0.3 is 0 Å². The third kappa shape index (κ3) is 5.40. The zero-order chi connectivity index (χ0) is 18.2. The van der Waals surface area contributed by atoms with Gasteiger partial charge in [0.15, 0.2) is 5.82 Å². The van der Waals surface area contributed by atoms with Crippen LogP contribution in [0.2, 0.25) is 0 Å². The number of benzene rings is 1. The van der Waals surface area contributed by atoms with E-state index in [0.29, 0.717) is 0 Å². The van der Waals surface area contributed by atoms with E-state index in [4.69, 9.17) is 0 Å². The summed E-state index contributed by atoms with van der Waals surface area (Å²) in [6, 6.07) is 8.75. The number of rotatable bonds is 8. The SMILES string of the molecule is CCCCc1ccc(-c2ncc(CC[C@H]3CC[C@H](CC)CC3)cn2)cc1. The van der Waals surface area contributed by atoms with Crippen LogP contribution in [0.4, 0.5) is 0 Å². The van der Waals surface area contributed by atoms with Crippen LogP contribution < -0.4 is 0 Å². The van der Waals surface area contributed by atoms with Crippen LogP contribution in [-0.2, 0) is 12.8 Å². The van der Waals surface area contributed by atoms with Crippen LogP contribution in [0, 0.1) is 11.8 Å². The zero-order valence-electron chi connectivity index (χ0n) is 16.6. The van der Waals surface area contributed by atoms with Crippen LogP contribution in [0.1, 0.15) is 76.3 Å². The quantitative estimate of drug-likeness (QED) is 0.533. The van der Waals surface area contributed by atoms with E-state index in [2.05, 4.69) is 48.1 Å². The molecule has 0 unspecified atom stereocenters. The second kappa shape index (κ2) is 9.85. The molecule has 0 N–H and O–H groups in total. The molecule has 2 heteroatoms. The van der Waals surface area contributed by atoms with Crippen LogP contribution in [0.25, 0.3) is 11.4 Å². The van der Waals surface area contributed by atoms with E-state index < -0.39 is 0 Å². The van der Waals surface area contributed by atoms with Crippen LogP contribution >= 0.6 is 0 Å². The third-order valence-electron chi connectivity index (χ3n) is 6.12. The van der Waals surface area contributed by atoms with E-state index in [1.165, 1.54) is 62.5 Å². The highest BCUT2D eigenvalue weighted by atomic mass is 14.9. The average Bonchev–Trinajstić information content (AvgIpc) is 2.72. The fourth-order valence-corrected chi connectivity index (χ4v) is 4.13. The highest BCUT2D eigenvalue weighted by Crippen LogP contribution is 2.33. The summed E-state index contributed by atoms with van der Waals surface area (Å²) >= 11 is 0. The van der Waals surface area contributed by atoms with Crippen LogP contribution in [0.15, 0.2) is 36.7 Å². The standard InChI is InChI=1S/C24H34N2/c1-3-5-6-20-13-15-23(16-14-20)24-25-17-22(18-26-24)12-11-21-9-7-19(4-2)8-10-21/h13-19,21H,3-12H2,1-2H3/t19-,21-. The molecule has 1 aliphatic carbocycles. The summed E-state index contributed by atoms with van der Waals surface area (Å²) in [5.74, 6) is 2.75. The van der Waals surface area contributed by atoms with Gasteiger partial charge in [0, 0.05) is 18.0 Å². The summed E-state index contributed by atoms with van der Waals surface area (Å²) in [5.41, 5.74) is 3.81. The predicted octanol–water partition coefficient (Wildman–Crippen LogP) is 6.64. The van der Waals surface area contributed by atoms with Gasteiger partial charge >= 0.3 is 0 Å². The third-order valence-corrected chi connectivity index (χ3v) is 6.12. The van der Waals surface area contributed by atoms with Crippen LogP contribution in [0.3, 0.4) is 0 Å². The Morgan fingerprint density at radius 3 is 2.08 bits per heavy atom. The van der Waals surface area contributed by atoms with Gasteiger partial charge in [0.2, 0.25) is 0 Å². The molecule has 1 aromatic carbocycles. The van der Waals surface area contributed by atoms with Gasteiger partial charge in [0.1, 0.15) is 0 Å². The molecule has 1 aromatic heterocycles. The molecule has 1 aliphatic rings. The van der Waals surface area contributed by atoms with Gasteiger partial charge in [-0.3, -0.25) is 0 Å². The van der Waals surface area contributed by atoms with E-state index >= 15 is 0 Å². The smallest absolute Gasteiger partial charge is 0.159 e. The van der Waals surface area contributed by atoms with Gasteiger partial charge in [-0.1, -0.05) is 76.6 Å². The molecular formula is C24H34N2. The molecule has 1 fully saturated rings. The Morgan fingerprint density at radius 2 is 1.46 bits per heavy atom. The highest BCUT2D eigenvalue weighted by molar-refractivity contribution is 5.55. The topological polar surface area (TPSA) is 25.8 Å². The number of hydrogen-bond donors (Lipinski definition) is 0. The second-order valence-electron chi connectivity index (χ2n) is 8.05. The van der Waals surface area contributed by atoms with E-state index in [1.54, 1.807) is 0 Å². The lowest BCUT2D eigenvalue weighted by Crippen LogP contribution is -2.14. The normalized spacial score (nSPS) is 20.2. The van der Waals surface area contributed by atoms with Crippen molar-refractivity contribution in [3.63, 3.8) is 0 Å². The molecule has 0 aliphatic heterocycles. The van der Waals surface area contributed by atoms with Gasteiger partial charge in [-0.2, -0.15) is 0 Å². The Morgan fingerprint density at radius 1 is 0.808 bits per heavy atom. The summed E-state index contributed by atoms with van der Waals surface area (Å²) in [4.78, 5) is 9.24. The van der Waals surface area contributed by atoms with E-state index in [1.807, 2.05) is 12.4 Å². The first-order valence-corrected chi connectivity index (χ1v) is 10.7. The minimum atomic E-state index is 0.847. The number of aromatic nitrogens is 2. The molecule has 0 amide bonds. The second-order valence-corrected chi connectivity index (χ2v) is 8.05. The Balaban J connectivity index is 1.50. The molecule has 1 saturated carbocycles. The van der Waals surface area contributed by atoms with Crippen molar-refractivity contribution in [2.45, 2.75) is 78.1 Å². The van der Waals surface area contributed by atoms with Crippen LogP contribution in [0.5, 0.6) is 0 Å². The fourth-order valence-electron chi connectivity index (χ4n) is 4.13. The molecule has 0 bridgehead atoms. The molecule has 0 spiro atoms. The number of aryl methyl sites for hydroxylation is 2. The maximum atomic E-state index is 4.62. The lowest BCUT2D eigenvalue weighted by Gasteiger charge is -2.27. The molecular weight excluding hydrogens is 316 g/mol. The Labute approximate surface area is 159 Å². The van der Waals surface area contributed by atoms with Gasteiger partial charge in [-0.25, -0.2) is 9.97 Å². The molecule has 0 saturated heterocycles. The number of unbranched alkanes of at least 4 members (excludes halogenated alkanes) is 1. The molecule has 2 nitrogen and oxygen atoms in total. The van der Waals surface area contributed by atoms with Crippen molar-refractivity contribution in [3.8, 4) is 11.4 Å². The van der Waals surface area contributed by atoms with Crippen molar-refractivity contribution in [3.05, 3.63) is 47.8 Å². The van der Waals surface area contributed by atoms with Gasteiger partial charge in [0.25, 0.3) is 0 Å². The zero-order valence-corrected chi connectivity index (χ0v) is 16.6. The number of hydrogen-bond acceptors (Lipinski definition) is 2. The van der Waals surface area contributed by atoms with Crippen molar-refractivity contribution < 1.29 is 0 Å². The highest BCUT2D eigenvalue weighted by Gasteiger charge is 2.19. The first-order chi connectivity index (χ1) is 12.8. The summed E-state index contributed by atoms with van der Waals surface area (Å²) in [6.07, 6.45) is 17.2. The first-order valence-electron chi connectivity index (χ1n) is 10.7. The summed E-state index contributed by atoms with van der Waals surface area (Å²) in [5, 5.41) is 0. The van der Waals surface area contributed by atoms with Crippen molar-refractivity contribution in [2.24, 2.45) is 11.8 Å². The fraction of sp³-hybridized carbons (Fsp3) is 0.583. The van der Waals surface area contributed by atoms with Crippen molar-refractivity contribution in [1.82, 2.24) is 9.97 Å². The lowest BCUT2D eigenvalue weighted by molar-refractivity contribution is 0.258. The van der Waals surface area contributed by atoms with Crippen molar-refractivity contribution >= 4 is 0 Å². The molecule has 26 heavy (non-hydrogen) atoms. The van der Waals surface area contributed by atoms with E-state index in [0.717, 1.165) is 36.1 Å². The molecule has 2 aromatic rings. The molecule has 3 rings (SSSR count). The van der Waals surface area contributed by atoms with Gasteiger partial charge in [-0.15, -0.1) is 0 Å². The Bertz CT molecular complexity index is 637. The van der Waals surface area contributed by atoms with E-state index in [9.17, 15) is 0 Å². The predicted molar refractivity (Wildman–Crippen MR) is 110 cm³/mol. The average molecular weight is 351 g/mol. The molecule has 1 heterocycles. The minimum absolute atomic E-state index is 0.847. The van der Waals surface area contributed by atoms with Crippen LogP contribution in [-0.4, -0.2) is 9.97 Å². The molecule has 140 valence electrons. The summed E-state index contributed by atoms with van der Waals surface area (Å²) in [6.45, 7) is 4.57. The monoisotopic (exact) mass is 350 g/mol. The summed E-state index contributed by atoms with van der Waals surface area (Å²) in [7, 11) is 0. The summed E-state index contributed by atoms with van der Waals surface area (Å²) < 4.78 is 0. The Hall–Kier alpha value is -1.70. The first kappa shape index (κ1) is 19.1. The molecule has 0 radical (unpaired) electrons. The number of nitrogens with zero attached hydrogens (tertiary/aromatic N) is 2. The maximum Gasteiger partial charge on any atom is 0.159 e. The van der Waals surface area contributed by atoms with E-state index in [-0.39, 0.29) is 0 Å².